The Morgan fingerprint density at radius 3 is 2.46 bits per heavy atom. The van der Waals surface area contributed by atoms with Crippen LogP contribution in [0.2, 0.25) is 0 Å². The molecule has 24 heavy (non-hydrogen) atoms. The van der Waals surface area contributed by atoms with E-state index in [-0.39, 0.29) is 16.4 Å². The highest BCUT2D eigenvalue weighted by Crippen LogP contribution is 2.26. The molecule has 1 aromatic heterocycles. The summed E-state index contributed by atoms with van der Waals surface area (Å²) < 4.78 is 28.1. The van der Waals surface area contributed by atoms with Crippen molar-refractivity contribution in [1.29, 1.82) is 0 Å². The summed E-state index contributed by atoms with van der Waals surface area (Å²) in [4.78, 5) is 19.1. The lowest BCUT2D eigenvalue weighted by Gasteiger charge is -2.17. The van der Waals surface area contributed by atoms with E-state index in [2.05, 4.69) is 14.7 Å². The smallest absolute Gasteiger partial charge is 0.335 e. The summed E-state index contributed by atoms with van der Waals surface area (Å²) in [5.41, 5.74) is 0.951. The van der Waals surface area contributed by atoms with Crippen LogP contribution in [0, 0.1) is 0 Å². The molecule has 0 amide bonds. The number of nitrogens with zero attached hydrogens (tertiary/aromatic N) is 2. The SMILES string of the molecule is CC(C)c1ccc(C(=O)O)cc1S(=O)(=O)N[C@H](C)c1cnccn1. The zero-order chi connectivity index (χ0) is 17.9. The van der Waals surface area contributed by atoms with Gasteiger partial charge in [0.1, 0.15) is 0 Å². The first kappa shape index (κ1) is 18.0. The minimum absolute atomic E-state index is 0.0341. The van der Waals surface area contributed by atoms with Crippen molar-refractivity contribution in [2.24, 2.45) is 0 Å². The average Bonchev–Trinajstić information content (AvgIpc) is 2.54. The fourth-order valence-electron chi connectivity index (χ4n) is 2.27. The van der Waals surface area contributed by atoms with Gasteiger partial charge in [-0.3, -0.25) is 9.97 Å². The van der Waals surface area contributed by atoms with Crippen LogP contribution in [0.25, 0.3) is 0 Å². The lowest BCUT2D eigenvalue weighted by atomic mass is 10.0. The molecule has 0 radical (unpaired) electrons. The van der Waals surface area contributed by atoms with Gasteiger partial charge in [-0.15, -0.1) is 0 Å². The van der Waals surface area contributed by atoms with Gasteiger partial charge in [-0.2, -0.15) is 0 Å². The maximum Gasteiger partial charge on any atom is 0.335 e. The lowest BCUT2D eigenvalue weighted by molar-refractivity contribution is 0.0696. The second-order valence-corrected chi connectivity index (χ2v) is 7.37. The minimum Gasteiger partial charge on any atom is -0.478 e. The van der Waals surface area contributed by atoms with Gasteiger partial charge in [0.15, 0.2) is 0 Å². The molecule has 128 valence electrons. The highest BCUT2D eigenvalue weighted by Gasteiger charge is 2.24. The topological polar surface area (TPSA) is 109 Å². The Balaban J connectivity index is 2.44. The van der Waals surface area contributed by atoms with E-state index in [1.54, 1.807) is 6.92 Å². The lowest BCUT2D eigenvalue weighted by Crippen LogP contribution is -2.28. The van der Waals surface area contributed by atoms with Crippen molar-refractivity contribution >= 4 is 16.0 Å². The molecule has 0 saturated carbocycles. The van der Waals surface area contributed by atoms with Crippen molar-refractivity contribution in [3.05, 3.63) is 53.6 Å². The van der Waals surface area contributed by atoms with E-state index in [0.717, 1.165) is 0 Å². The van der Waals surface area contributed by atoms with Crippen LogP contribution in [0.15, 0.2) is 41.7 Å². The van der Waals surface area contributed by atoms with E-state index >= 15 is 0 Å². The van der Waals surface area contributed by atoms with E-state index in [0.29, 0.717) is 11.3 Å². The Bertz CT molecular complexity index is 836. The quantitative estimate of drug-likeness (QED) is 0.828. The van der Waals surface area contributed by atoms with E-state index in [1.165, 1.54) is 36.8 Å². The molecule has 1 aromatic carbocycles. The van der Waals surface area contributed by atoms with Crippen LogP contribution >= 0.6 is 0 Å². The number of hydrogen-bond donors (Lipinski definition) is 2. The Labute approximate surface area is 140 Å². The van der Waals surface area contributed by atoms with Crippen molar-refractivity contribution in [3.8, 4) is 0 Å². The molecule has 1 heterocycles. The van der Waals surface area contributed by atoms with Gasteiger partial charge < -0.3 is 5.11 Å². The number of aromatic nitrogens is 2. The summed E-state index contributed by atoms with van der Waals surface area (Å²) in [6, 6.07) is 3.53. The van der Waals surface area contributed by atoms with Gasteiger partial charge in [0.25, 0.3) is 0 Å². The molecule has 8 heteroatoms. The first-order valence-electron chi connectivity index (χ1n) is 7.38. The van der Waals surface area contributed by atoms with E-state index < -0.39 is 22.0 Å². The fraction of sp³-hybridized carbons (Fsp3) is 0.312. The Hall–Kier alpha value is -2.32. The third-order valence-corrected chi connectivity index (χ3v) is 5.13. The fourth-order valence-corrected chi connectivity index (χ4v) is 3.88. The summed E-state index contributed by atoms with van der Waals surface area (Å²) in [5.74, 6) is -1.25. The van der Waals surface area contributed by atoms with Gasteiger partial charge in [-0.1, -0.05) is 19.9 Å². The van der Waals surface area contributed by atoms with E-state index in [9.17, 15) is 13.2 Å². The second-order valence-electron chi connectivity index (χ2n) is 5.69. The normalized spacial score (nSPS) is 13.0. The third kappa shape index (κ3) is 3.95. The molecule has 0 unspecified atom stereocenters. The maximum atomic E-state index is 12.8. The molecule has 0 aliphatic carbocycles. The summed E-state index contributed by atoms with van der Waals surface area (Å²) in [6.45, 7) is 5.35. The van der Waals surface area contributed by atoms with Gasteiger partial charge in [0.2, 0.25) is 10.0 Å². The number of sulfonamides is 1. The molecule has 2 aromatic rings. The highest BCUT2D eigenvalue weighted by molar-refractivity contribution is 7.89. The molecule has 1 atom stereocenters. The molecular formula is C16H19N3O4S. The van der Waals surface area contributed by atoms with Crippen molar-refractivity contribution in [1.82, 2.24) is 14.7 Å². The zero-order valence-corrected chi connectivity index (χ0v) is 14.4. The van der Waals surface area contributed by atoms with E-state index in [4.69, 9.17) is 5.11 Å². The number of nitrogens with one attached hydrogen (secondary N) is 1. The van der Waals surface area contributed by atoms with Crippen LogP contribution in [-0.2, 0) is 10.0 Å². The van der Waals surface area contributed by atoms with Gasteiger partial charge in [-0.05, 0) is 30.5 Å². The van der Waals surface area contributed by atoms with Gasteiger partial charge in [0.05, 0.1) is 22.2 Å². The molecule has 2 N–H and O–H groups in total. The zero-order valence-electron chi connectivity index (χ0n) is 13.6. The highest BCUT2D eigenvalue weighted by atomic mass is 32.2. The van der Waals surface area contributed by atoms with Crippen LogP contribution in [0.1, 0.15) is 54.3 Å². The van der Waals surface area contributed by atoms with Crippen LogP contribution in [-0.4, -0.2) is 29.5 Å². The molecule has 0 aliphatic rings. The third-order valence-electron chi connectivity index (χ3n) is 3.53. The molecule has 0 aliphatic heterocycles. The number of carboxylic acid groups (broad SMARTS) is 1. The molecular weight excluding hydrogens is 330 g/mol. The van der Waals surface area contributed by atoms with Crippen molar-refractivity contribution < 1.29 is 18.3 Å². The van der Waals surface area contributed by atoms with Crippen molar-refractivity contribution in [2.45, 2.75) is 37.6 Å². The maximum absolute atomic E-state index is 12.8. The Morgan fingerprint density at radius 2 is 1.92 bits per heavy atom. The monoisotopic (exact) mass is 349 g/mol. The van der Waals surface area contributed by atoms with Crippen LogP contribution < -0.4 is 4.72 Å². The van der Waals surface area contributed by atoms with Gasteiger partial charge >= 0.3 is 5.97 Å². The number of benzene rings is 1. The average molecular weight is 349 g/mol. The predicted octanol–water partition coefficient (Wildman–Crippen LogP) is 2.34. The summed E-state index contributed by atoms with van der Waals surface area (Å²) in [6.07, 6.45) is 4.45. The second kappa shape index (κ2) is 7.06. The van der Waals surface area contributed by atoms with Gasteiger partial charge in [-0.25, -0.2) is 17.9 Å². The van der Waals surface area contributed by atoms with E-state index in [1.807, 2.05) is 13.8 Å². The van der Waals surface area contributed by atoms with Crippen molar-refractivity contribution in [2.75, 3.05) is 0 Å². The Morgan fingerprint density at radius 1 is 1.21 bits per heavy atom. The summed E-state index contributed by atoms with van der Waals surface area (Å²) >= 11 is 0. The first-order valence-corrected chi connectivity index (χ1v) is 8.86. The van der Waals surface area contributed by atoms with Crippen molar-refractivity contribution in [3.63, 3.8) is 0 Å². The van der Waals surface area contributed by atoms with Crippen LogP contribution in [0.3, 0.4) is 0 Å². The number of aromatic carboxylic acids is 1. The Kier molecular flexibility index (Phi) is 5.30. The van der Waals surface area contributed by atoms with Gasteiger partial charge in [0, 0.05) is 18.6 Å². The molecule has 7 nitrogen and oxygen atoms in total. The molecule has 2 rings (SSSR count). The minimum atomic E-state index is -3.92. The molecule has 0 bridgehead atoms. The van der Waals surface area contributed by atoms with Crippen LogP contribution in [0.4, 0.5) is 0 Å². The summed E-state index contributed by atoms with van der Waals surface area (Å²) in [7, 11) is -3.92. The standard InChI is InChI=1S/C16H19N3O4S/c1-10(2)13-5-4-12(16(20)21)8-15(13)24(22,23)19-11(3)14-9-17-6-7-18-14/h4-11,19H,1-3H3,(H,20,21)/t11-/m1/s1. The first-order chi connectivity index (χ1) is 11.2. The number of rotatable bonds is 6. The molecule has 0 saturated heterocycles. The molecule has 0 spiro atoms. The predicted molar refractivity (Wildman–Crippen MR) is 88.3 cm³/mol. The number of hydrogen-bond acceptors (Lipinski definition) is 5. The number of carbonyl (C=O) groups is 1. The molecule has 0 fully saturated rings. The van der Waals surface area contributed by atoms with Crippen LogP contribution in [0.5, 0.6) is 0 Å². The largest absolute Gasteiger partial charge is 0.478 e. The number of carboxylic acids is 1. The summed E-state index contributed by atoms with van der Waals surface area (Å²) in [5, 5.41) is 9.13.